The minimum absolute atomic E-state index is 0.0960. The number of carbonyl (C=O) groups is 2. The van der Waals surface area contributed by atoms with E-state index in [2.05, 4.69) is 32.7 Å². The first kappa shape index (κ1) is 16.3. The number of hydrogen-bond acceptors (Lipinski definition) is 3. The molecular formula is C16H24N4O2. The van der Waals surface area contributed by atoms with Crippen LogP contribution in [0, 0.1) is 0 Å². The molecule has 0 bridgehead atoms. The quantitative estimate of drug-likeness (QED) is 0.597. The molecule has 0 saturated carbocycles. The Morgan fingerprint density at radius 2 is 2.00 bits per heavy atom. The standard InChI is InChI=1S/C16H24N4O2/c1-3-8-17-15(21)16(22)18-12-14(20-10-4-5-11-20)13-7-6-9-19(13)2/h3,6-7,9,14H,1,4-5,8,10-12H2,2H3,(H,17,21)(H,18,22). The second-order valence-electron chi connectivity index (χ2n) is 5.51. The predicted octanol–water partition coefficient (Wildman–Crippen LogP) is 0.580. The van der Waals surface area contributed by atoms with E-state index in [0.29, 0.717) is 13.1 Å². The number of nitrogens with one attached hydrogen (secondary N) is 2. The van der Waals surface area contributed by atoms with E-state index in [-0.39, 0.29) is 6.04 Å². The van der Waals surface area contributed by atoms with Gasteiger partial charge in [0.05, 0.1) is 6.04 Å². The summed E-state index contributed by atoms with van der Waals surface area (Å²) in [6, 6.07) is 4.16. The summed E-state index contributed by atoms with van der Waals surface area (Å²) in [6.07, 6.45) is 5.89. The van der Waals surface area contributed by atoms with Crippen LogP contribution in [0.4, 0.5) is 0 Å². The van der Waals surface area contributed by atoms with E-state index >= 15 is 0 Å². The number of rotatable bonds is 6. The lowest BCUT2D eigenvalue weighted by Gasteiger charge is -2.28. The lowest BCUT2D eigenvalue weighted by Crippen LogP contribution is -2.44. The van der Waals surface area contributed by atoms with Crippen molar-refractivity contribution < 1.29 is 9.59 Å². The summed E-state index contributed by atoms with van der Waals surface area (Å²) < 4.78 is 2.06. The molecule has 0 aromatic carbocycles. The third-order valence-corrected chi connectivity index (χ3v) is 3.98. The van der Waals surface area contributed by atoms with Crippen LogP contribution in [-0.2, 0) is 16.6 Å². The zero-order valence-electron chi connectivity index (χ0n) is 13.0. The van der Waals surface area contributed by atoms with Gasteiger partial charge in [-0.3, -0.25) is 14.5 Å². The third kappa shape index (κ3) is 3.98. The molecule has 2 amide bonds. The van der Waals surface area contributed by atoms with Crippen molar-refractivity contribution in [3.05, 3.63) is 36.7 Å². The van der Waals surface area contributed by atoms with Crippen LogP contribution in [0.3, 0.4) is 0 Å². The number of nitrogens with zero attached hydrogens (tertiary/aromatic N) is 2. The van der Waals surface area contributed by atoms with E-state index in [4.69, 9.17) is 0 Å². The monoisotopic (exact) mass is 304 g/mol. The average Bonchev–Trinajstić information content (AvgIpc) is 3.17. The van der Waals surface area contributed by atoms with Gasteiger partial charge in [0, 0.05) is 32.0 Å². The van der Waals surface area contributed by atoms with Gasteiger partial charge in [0.2, 0.25) is 0 Å². The molecule has 6 nitrogen and oxygen atoms in total. The maximum absolute atomic E-state index is 11.8. The average molecular weight is 304 g/mol. The Kier molecular flexibility index (Phi) is 5.77. The first-order valence-corrected chi connectivity index (χ1v) is 7.65. The highest BCUT2D eigenvalue weighted by Crippen LogP contribution is 2.24. The van der Waals surface area contributed by atoms with E-state index in [1.165, 1.54) is 12.8 Å². The predicted molar refractivity (Wildman–Crippen MR) is 85.2 cm³/mol. The van der Waals surface area contributed by atoms with Crippen molar-refractivity contribution in [1.82, 2.24) is 20.1 Å². The minimum Gasteiger partial charge on any atom is -0.353 e. The van der Waals surface area contributed by atoms with Gasteiger partial charge in [-0.1, -0.05) is 6.08 Å². The molecule has 1 aromatic rings. The summed E-state index contributed by atoms with van der Waals surface area (Å²) in [4.78, 5) is 25.8. The molecular weight excluding hydrogens is 280 g/mol. The van der Waals surface area contributed by atoms with Gasteiger partial charge in [-0.15, -0.1) is 6.58 Å². The van der Waals surface area contributed by atoms with Gasteiger partial charge in [0.15, 0.2) is 0 Å². The van der Waals surface area contributed by atoms with E-state index in [1.807, 2.05) is 19.3 Å². The first-order chi connectivity index (χ1) is 10.6. The van der Waals surface area contributed by atoms with Crippen molar-refractivity contribution >= 4 is 11.8 Å². The first-order valence-electron chi connectivity index (χ1n) is 7.65. The number of amides is 2. The SMILES string of the molecule is C=CCNC(=O)C(=O)NCC(c1cccn1C)N1CCCC1. The van der Waals surface area contributed by atoms with Crippen molar-refractivity contribution in [1.29, 1.82) is 0 Å². The van der Waals surface area contributed by atoms with Crippen molar-refractivity contribution in [2.75, 3.05) is 26.2 Å². The summed E-state index contributed by atoms with van der Waals surface area (Å²) in [7, 11) is 2.00. The highest BCUT2D eigenvalue weighted by molar-refractivity contribution is 6.35. The van der Waals surface area contributed by atoms with E-state index in [0.717, 1.165) is 18.8 Å². The van der Waals surface area contributed by atoms with Crippen LogP contribution in [0.2, 0.25) is 0 Å². The smallest absolute Gasteiger partial charge is 0.309 e. The molecule has 1 aromatic heterocycles. The summed E-state index contributed by atoms with van der Waals surface area (Å²) in [6.45, 7) is 6.27. The molecule has 1 atom stereocenters. The van der Waals surface area contributed by atoms with Crippen molar-refractivity contribution in [3.8, 4) is 0 Å². The number of aromatic nitrogens is 1. The molecule has 1 aliphatic rings. The van der Waals surface area contributed by atoms with E-state index in [1.54, 1.807) is 6.08 Å². The van der Waals surface area contributed by atoms with Crippen LogP contribution >= 0.6 is 0 Å². The summed E-state index contributed by atoms with van der Waals surface area (Å²) in [5.41, 5.74) is 1.15. The maximum Gasteiger partial charge on any atom is 0.309 e. The Morgan fingerprint density at radius 1 is 1.32 bits per heavy atom. The lowest BCUT2D eigenvalue weighted by molar-refractivity contribution is -0.139. The Balaban J connectivity index is 1.98. The number of aryl methyl sites for hydroxylation is 1. The van der Waals surface area contributed by atoms with Crippen molar-refractivity contribution in [2.24, 2.45) is 7.05 Å². The zero-order valence-corrected chi connectivity index (χ0v) is 13.0. The van der Waals surface area contributed by atoms with Gasteiger partial charge >= 0.3 is 11.8 Å². The summed E-state index contributed by atoms with van der Waals surface area (Å²) in [5.74, 6) is -1.22. The molecule has 6 heteroatoms. The highest BCUT2D eigenvalue weighted by Gasteiger charge is 2.26. The Morgan fingerprint density at radius 3 is 2.59 bits per heavy atom. The molecule has 1 aliphatic heterocycles. The van der Waals surface area contributed by atoms with Crippen LogP contribution in [0.25, 0.3) is 0 Å². The summed E-state index contributed by atoms with van der Waals surface area (Å²) >= 11 is 0. The normalized spacial score (nSPS) is 16.2. The Labute approximate surface area is 131 Å². The van der Waals surface area contributed by atoms with E-state index < -0.39 is 11.8 Å². The fraction of sp³-hybridized carbons (Fsp3) is 0.500. The maximum atomic E-state index is 11.8. The summed E-state index contributed by atoms with van der Waals surface area (Å²) in [5, 5.41) is 5.23. The molecule has 1 saturated heterocycles. The van der Waals surface area contributed by atoms with Crippen molar-refractivity contribution in [3.63, 3.8) is 0 Å². The zero-order chi connectivity index (χ0) is 15.9. The van der Waals surface area contributed by atoms with Crippen LogP contribution in [0.1, 0.15) is 24.6 Å². The van der Waals surface area contributed by atoms with E-state index in [9.17, 15) is 9.59 Å². The molecule has 22 heavy (non-hydrogen) atoms. The van der Waals surface area contributed by atoms with Gasteiger partial charge < -0.3 is 15.2 Å². The molecule has 0 spiro atoms. The Hall–Kier alpha value is -2.08. The fourth-order valence-corrected chi connectivity index (χ4v) is 2.81. The molecule has 0 aliphatic carbocycles. The van der Waals surface area contributed by atoms with Crippen LogP contribution in [0.5, 0.6) is 0 Å². The second kappa shape index (κ2) is 7.79. The van der Waals surface area contributed by atoms with Crippen LogP contribution in [-0.4, -0.2) is 47.5 Å². The largest absolute Gasteiger partial charge is 0.353 e. The van der Waals surface area contributed by atoms with Crippen LogP contribution < -0.4 is 10.6 Å². The molecule has 2 N–H and O–H groups in total. The molecule has 2 rings (SSSR count). The van der Waals surface area contributed by atoms with Gasteiger partial charge in [-0.25, -0.2) is 0 Å². The lowest BCUT2D eigenvalue weighted by atomic mass is 10.1. The number of likely N-dealkylation sites (tertiary alicyclic amines) is 1. The molecule has 0 radical (unpaired) electrons. The van der Waals surface area contributed by atoms with Crippen molar-refractivity contribution in [2.45, 2.75) is 18.9 Å². The second-order valence-corrected chi connectivity index (χ2v) is 5.51. The van der Waals surface area contributed by atoms with Gasteiger partial charge in [0.1, 0.15) is 0 Å². The minimum atomic E-state index is -0.619. The van der Waals surface area contributed by atoms with Gasteiger partial charge in [-0.2, -0.15) is 0 Å². The van der Waals surface area contributed by atoms with Crippen LogP contribution in [0.15, 0.2) is 31.0 Å². The molecule has 1 unspecified atom stereocenters. The van der Waals surface area contributed by atoms with Gasteiger partial charge in [0.25, 0.3) is 0 Å². The topological polar surface area (TPSA) is 66.4 Å². The fourth-order valence-electron chi connectivity index (χ4n) is 2.81. The van der Waals surface area contributed by atoms with Gasteiger partial charge in [-0.05, 0) is 38.1 Å². The molecule has 2 heterocycles. The molecule has 120 valence electrons. The Bertz CT molecular complexity index is 532. The third-order valence-electron chi connectivity index (χ3n) is 3.98. The molecule has 1 fully saturated rings. The highest BCUT2D eigenvalue weighted by atomic mass is 16.2. The number of hydrogen-bond donors (Lipinski definition) is 2. The number of carbonyl (C=O) groups excluding carboxylic acids is 2.